The van der Waals surface area contributed by atoms with Gasteiger partial charge in [-0.05, 0) is 0 Å². The van der Waals surface area contributed by atoms with Gasteiger partial charge in [0.2, 0.25) is 0 Å². The molecule has 0 aromatic carbocycles. The van der Waals surface area contributed by atoms with Crippen molar-refractivity contribution in [1.29, 1.82) is 0 Å². The van der Waals surface area contributed by atoms with Crippen molar-refractivity contribution in [1.82, 2.24) is 4.98 Å². The van der Waals surface area contributed by atoms with E-state index in [1.165, 1.54) is 13.4 Å². The monoisotopic (exact) mass is 127 g/mol. The zero-order valence-corrected chi connectivity index (χ0v) is 4.83. The Morgan fingerprint density at radius 2 is 2.67 bits per heavy atom. The summed E-state index contributed by atoms with van der Waals surface area (Å²) >= 11 is 0. The van der Waals surface area contributed by atoms with Crippen LogP contribution in [0.4, 0.5) is 0 Å². The van der Waals surface area contributed by atoms with E-state index in [-0.39, 0.29) is 11.8 Å². The molecule has 0 radical (unpaired) electrons. The summed E-state index contributed by atoms with van der Waals surface area (Å²) in [6, 6.07) is 0. The van der Waals surface area contributed by atoms with E-state index in [1.54, 1.807) is 0 Å². The van der Waals surface area contributed by atoms with Crippen LogP contribution < -0.4 is 4.74 Å². The molecule has 1 aromatic rings. The average Bonchev–Trinajstić information content (AvgIpc) is 2.34. The van der Waals surface area contributed by atoms with E-state index in [0.717, 1.165) is 0 Å². The first-order valence-electron chi connectivity index (χ1n) is 2.31. The standard InChI is InChI=1S/C5H5NO3/c1-8-5-6-4(2-7)3-9-5/h2-3H,1H3. The van der Waals surface area contributed by atoms with E-state index >= 15 is 0 Å². The Bertz CT molecular complexity index is 206. The SMILES string of the molecule is COc1nc(C=O)co1. The largest absolute Gasteiger partial charge is 0.454 e. The summed E-state index contributed by atoms with van der Waals surface area (Å²) in [5, 5.41) is 0. The number of hydrogen-bond donors (Lipinski definition) is 0. The van der Waals surface area contributed by atoms with Gasteiger partial charge in [-0.2, -0.15) is 4.98 Å². The molecule has 0 aliphatic carbocycles. The van der Waals surface area contributed by atoms with Gasteiger partial charge in [0, 0.05) is 0 Å². The van der Waals surface area contributed by atoms with Crippen molar-refractivity contribution in [3.05, 3.63) is 12.0 Å². The topological polar surface area (TPSA) is 52.3 Å². The minimum atomic E-state index is 0.108. The summed E-state index contributed by atoms with van der Waals surface area (Å²) in [5.41, 5.74) is 0.242. The van der Waals surface area contributed by atoms with Gasteiger partial charge in [0.1, 0.15) is 12.0 Å². The Morgan fingerprint density at radius 1 is 1.89 bits per heavy atom. The molecule has 0 spiro atoms. The van der Waals surface area contributed by atoms with Crippen molar-refractivity contribution in [3.63, 3.8) is 0 Å². The molecule has 48 valence electrons. The predicted octanol–water partition coefficient (Wildman–Crippen LogP) is 0.496. The smallest absolute Gasteiger partial charge is 0.393 e. The van der Waals surface area contributed by atoms with E-state index in [9.17, 15) is 4.79 Å². The second kappa shape index (κ2) is 2.30. The predicted molar refractivity (Wildman–Crippen MR) is 28.4 cm³/mol. The molecular formula is C5H5NO3. The highest BCUT2D eigenvalue weighted by atomic mass is 16.6. The Kier molecular flexibility index (Phi) is 1.48. The molecule has 1 heterocycles. The first kappa shape index (κ1) is 5.81. The van der Waals surface area contributed by atoms with Crippen molar-refractivity contribution >= 4 is 6.29 Å². The highest BCUT2D eigenvalue weighted by molar-refractivity contribution is 5.70. The lowest BCUT2D eigenvalue weighted by Crippen LogP contribution is -1.82. The highest BCUT2D eigenvalue weighted by Crippen LogP contribution is 2.06. The number of aromatic nitrogens is 1. The van der Waals surface area contributed by atoms with Gasteiger partial charge < -0.3 is 9.15 Å². The highest BCUT2D eigenvalue weighted by Gasteiger charge is 1.99. The van der Waals surface area contributed by atoms with Gasteiger partial charge in [-0.3, -0.25) is 4.79 Å². The summed E-state index contributed by atoms with van der Waals surface area (Å²) in [7, 11) is 1.42. The molecule has 0 saturated carbocycles. The van der Waals surface area contributed by atoms with Crippen LogP contribution >= 0.6 is 0 Å². The number of rotatable bonds is 2. The Labute approximate surface area is 51.5 Å². The number of nitrogens with zero attached hydrogens (tertiary/aromatic N) is 1. The zero-order chi connectivity index (χ0) is 6.69. The average molecular weight is 127 g/mol. The first-order valence-corrected chi connectivity index (χ1v) is 2.31. The molecule has 0 aliphatic heterocycles. The second-order valence-corrected chi connectivity index (χ2v) is 1.36. The molecule has 0 saturated heterocycles. The molecule has 0 fully saturated rings. The van der Waals surface area contributed by atoms with Crippen molar-refractivity contribution < 1.29 is 13.9 Å². The number of ether oxygens (including phenoxy) is 1. The molecule has 1 rings (SSSR count). The van der Waals surface area contributed by atoms with Crippen LogP contribution in [0.25, 0.3) is 0 Å². The molecular weight excluding hydrogens is 122 g/mol. The number of oxazole rings is 1. The van der Waals surface area contributed by atoms with Gasteiger partial charge in [-0.1, -0.05) is 0 Å². The minimum absolute atomic E-state index is 0.108. The lowest BCUT2D eigenvalue weighted by atomic mass is 10.6. The maximum atomic E-state index is 9.96. The van der Waals surface area contributed by atoms with Gasteiger partial charge >= 0.3 is 6.08 Å². The van der Waals surface area contributed by atoms with E-state index in [1.807, 2.05) is 0 Å². The Balaban J connectivity index is 2.86. The Morgan fingerprint density at radius 3 is 3.00 bits per heavy atom. The van der Waals surface area contributed by atoms with Crippen LogP contribution in [-0.4, -0.2) is 18.4 Å². The van der Waals surface area contributed by atoms with Crippen molar-refractivity contribution in [2.24, 2.45) is 0 Å². The number of methoxy groups -OCH3 is 1. The maximum absolute atomic E-state index is 9.96. The lowest BCUT2D eigenvalue weighted by Gasteiger charge is -1.83. The Hall–Kier alpha value is -1.32. The molecule has 0 atom stereocenters. The fraction of sp³-hybridized carbons (Fsp3) is 0.200. The van der Waals surface area contributed by atoms with E-state index in [0.29, 0.717) is 6.29 Å². The van der Waals surface area contributed by atoms with Crippen LogP contribution in [0, 0.1) is 0 Å². The van der Waals surface area contributed by atoms with Crippen LogP contribution in [-0.2, 0) is 0 Å². The van der Waals surface area contributed by atoms with Gasteiger partial charge in [0.25, 0.3) is 0 Å². The van der Waals surface area contributed by atoms with Gasteiger partial charge in [-0.15, -0.1) is 0 Å². The second-order valence-electron chi connectivity index (χ2n) is 1.36. The number of carbonyl (C=O) groups excluding carboxylic acids is 1. The van der Waals surface area contributed by atoms with Crippen molar-refractivity contribution in [3.8, 4) is 6.08 Å². The molecule has 0 N–H and O–H groups in total. The summed E-state index contributed by atoms with van der Waals surface area (Å²) in [6.07, 6.45) is 1.93. The van der Waals surface area contributed by atoms with Gasteiger partial charge in [-0.25, -0.2) is 0 Å². The number of carbonyl (C=O) groups is 1. The lowest BCUT2D eigenvalue weighted by molar-refractivity contribution is 0.111. The molecule has 4 heteroatoms. The summed E-state index contributed by atoms with van der Waals surface area (Å²) in [5.74, 6) is 0. The van der Waals surface area contributed by atoms with Crippen molar-refractivity contribution in [2.45, 2.75) is 0 Å². The van der Waals surface area contributed by atoms with Crippen LogP contribution in [0.3, 0.4) is 0 Å². The minimum Gasteiger partial charge on any atom is -0.454 e. The molecule has 1 aromatic heterocycles. The number of hydrogen-bond acceptors (Lipinski definition) is 4. The summed E-state index contributed by atoms with van der Waals surface area (Å²) in [4.78, 5) is 13.5. The molecule has 0 bridgehead atoms. The normalized spacial score (nSPS) is 9.00. The molecule has 9 heavy (non-hydrogen) atoms. The third-order valence-electron chi connectivity index (χ3n) is 0.796. The van der Waals surface area contributed by atoms with Gasteiger partial charge in [0.15, 0.2) is 6.29 Å². The van der Waals surface area contributed by atoms with E-state index in [2.05, 4.69) is 14.1 Å². The van der Waals surface area contributed by atoms with Crippen LogP contribution in [0.5, 0.6) is 6.08 Å². The van der Waals surface area contributed by atoms with E-state index in [4.69, 9.17) is 0 Å². The third-order valence-corrected chi connectivity index (χ3v) is 0.796. The fourth-order valence-electron chi connectivity index (χ4n) is 0.417. The van der Waals surface area contributed by atoms with Crippen LogP contribution in [0.15, 0.2) is 10.7 Å². The van der Waals surface area contributed by atoms with E-state index < -0.39 is 0 Å². The zero-order valence-electron chi connectivity index (χ0n) is 4.83. The molecule has 0 amide bonds. The fourth-order valence-corrected chi connectivity index (χ4v) is 0.417. The molecule has 0 aliphatic rings. The van der Waals surface area contributed by atoms with Crippen molar-refractivity contribution in [2.75, 3.05) is 7.11 Å². The maximum Gasteiger partial charge on any atom is 0.393 e. The summed E-state index contributed by atoms with van der Waals surface area (Å²) < 4.78 is 9.20. The van der Waals surface area contributed by atoms with Gasteiger partial charge in [0.05, 0.1) is 7.11 Å². The van der Waals surface area contributed by atoms with Crippen LogP contribution in [0.1, 0.15) is 10.5 Å². The molecule has 4 nitrogen and oxygen atoms in total. The first-order chi connectivity index (χ1) is 4.36. The third kappa shape index (κ3) is 1.07. The van der Waals surface area contributed by atoms with Crippen LogP contribution in [0.2, 0.25) is 0 Å². The quantitative estimate of drug-likeness (QED) is 0.542. The number of aldehydes is 1. The molecule has 0 unspecified atom stereocenters. The summed E-state index contributed by atoms with van der Waals surface area (Å²) in [6.45, 7) is 0.